The van der Waals surface area contributed by atoms with E-state index in [1.165, 1.54) is 0 Å². The first-order valence-corrected chi connectivity index (χ1v) is 9.02. The van der Waals surface area contributed by atoms with Gasteiger partial charge in [0.1, 0.15) is 0 Å². The lowest BCUT2D eigenvalue weighted by molar-refractivity contribution is 0.177. The van der Waals surface area contributed by atoms with Gasteiger partial charge in [-0.2, -0.15) is 0 Å². The van der Waals surface area contributed by atoms with Gasteiger partial charge in [0.05, 0.1) is 13.2 Å². The molecule has 1 aromatic rings. The Balaban J connectivity index is -0.0000000680. The number of hydrogen-bond donors (Lipinski definition) is 0. The summed E-state index contributed by atoms with van der Waals surface area (Å²) in [7, 11) is 3.25. The zero-order valence-electron chi connectivity index (χ0n) is 18.1. The highest BCUT2D eigenvalue weighted by Gasteiger charge is 1.68. The number of ether oxygens (including phenoxy) is 3. The van der Waals surface area contributed by atoms with Gasteiger partial charge in [0, 0.05) is 27.4 Å². The topological polar surface area (TPSA) is 27.7 Å². The zero-order valence-corrected chi connectivity index (χ0v) is 18.1. The maximum absolute atomic E-state index is 4.86. The molecule has 0 aromatic heterocycles. The van der Waals surface area contributed by atoms with E-state index in [-0.39, 0.29) is 0 Å². The molecule has 0 aliphatic carbocycles. The summed E-state index contributed by atoms with van der Waals surface area (Å²) in [6.45, 7) is 21.8. The van der Waals surface area contributed by atoms with Gasteiger partial charge in [-0.25, -0.2) is 0 Å². The van der Waals surface area contributed by atoms with Crippen LogP contribution < -0.4 is 0 Å². The van der Waals surface area contributed by atoms with Crippen molar-refractivity contribution >= 4 is 0 Å². The van der Waals surface area contributed by atoms with Crippen molar-refractivity contribution < 1.29 is 14.2 Å². The molecule has 0 aliphatic rings. The molecule has 1 rings (SSSR count). The fourth-order valence-corrected chi connectivity index (χ4v) is 0.787. The molecule has 0 atom stereocenters. The van der Waals surface area contributed by atoms with Crippen molar-refractivity contribution in [2.75, 3.05) is 40.6 Å². The van der Waals surface area contributed by atoms with Crippen LogP contribution in [-0.4, -0.2) is 40.6 Å². The first-order valence-electron chi connectivity index (χ1n) is 9.02. The monoisotopic (exact) mass is 356 g/mol. The Morgan fingerprint density at radius 2 is 0.840 bits per heavy atom. The van der Waals surface area contributed by atoms with Crippen LogP contribution in [0.4, 0.5) is 0 Å². The molecule has 0 fully saturated rings. The van der Waals surface area contributed by atoms with Gasteiger partial charge in [-0.1, -0.05) is 76.2 Å². The summed E-state index contributed by atoms with van der Waals surface area (Å²) in [5, 5.41) is 0. The molecule has 0 saturated carbocycles. The van der Waals surface area contributed by atoms with Crippen LogP contribution in [0.2, 0.25) is 0 Å². The van der Waals surface area contributed by atoms with Crippen LogP contribution in [0.25, 0.3) is 0 Å². The lowest BCUT2D eigenvalue weighted by Gasteiger charge is -1.88. The van der Waals surface area contributed by atoms with Crippen LogP contribution in [-0.2, 0) is 14.2 Å². The van der Waals surface area contributed by atoms with Gasteiger partial charge in [-0.05, 0) is 13.8 Å². The fraction of sp³-hybridized carbons (Fsp3) is 0.545. The Kier molecular flexibility index (Phi) is 79.4. The second-order valence-corrected chi connectivity index (χ2v) is 3.46. The van der Waals surface area contributed by atoms with Crippen molar-refractivity contribution in [1.82, 2.24) is 0 Å². The van der Waals surface area contributed by atoms with Gasteiger partial charge in [-0.15, -0.1) is 13.2 Å². The van der Waals surface area contributed by atoms with Gasteiger partial charge in [-0.3, -0.25) is 0 Å². The van der Waals surface area contributed by atoms with E-state index in [2.05, 4.69) is 17.9 Å². The van der Waals surface area contributed by atoms with E-state index in [1.54, 1.807) is 26.4 Å². The molecular formula is C22H44O3. The Labute approximate surface area is 158 Å². The van der Waals surface area contributed by atoms with Crippen LogP contribution in [0.5, 0.6) is 0 Å². The third-order valence-electron chi connectivity index (χ3n) is 1.55. The average molecular weight is 357 g/mol. The summed E-state index contributed by atoms with van der Waals surface area (Å²) >= 11 is 0. The van der Waals surface area contributed by atoms with E-state index in [0.717, 1.165) is 13.2 Å². The maximum atomic E-state index is 4.86. The van der Waals surface area contributed by atoms with Crippen LogP contribution in [0, 0.1) is 0 Å². The molecule has 0 aliphatic heterocycles. The van der Waals surface area contributed by atoms with E-state index < -0.39 is 0 Å². The summed E-state index contributed by atoms with van der Waals surface area (Å²) in [5.41, 5.74) is 0. The van der Waals surface area contributed by atoms with E-state index >= 15 is 0 Å². The van der Waals surface area contributed by atoms with Gasteiger partial charge < -0.3 is 14.2 Å². The molecule has 0 bridgehead atoms. The second kappa shape index (κ2) is 57.0. The van der Waals surface area contributed by atoms with Crippen molar-refractivity contribution in [1.29, 1.82) is 0 Å². The van der Waals surface area contributed by atoms with Crippen molar-refractivity contribution in [3.63, 3.8) is 0 Å². The molecular weight excluding hydrogens is 312 g/mol. The van der Waals surface area contributed by atoms with Crippen molar-refractivity contribution in [3.8, 4) is 0 Å². The summed E-state index contributed by atoms with van der Waals surface area (Å²) in [6.07, 6.45) is 3.48. The van der Waals surface area contributed by atoms with Gasteiger partial charge in [0.2, 0.25) is 0 Å². The van der Waals surface area contributed by atoms with Crippen LogP contribution in [0.15, 0.2) is 61.7 Å². The van der Waals surface area contributed by atoms with Gasteiger partial charge in [0.25, 0.3) is 0 Å². The second-order valence-electron chi connectivity index (χ2n) is 3.46. The van der Waals surface area contributed by atoms with Crippen LogP contribution in [0.3, 0.4) is 0 Å². The highest BCUT2D eigenvalue weighted by Crippen LogP contribution is 1.79. The van der Waals surface area contributed by atoms with Gasteiger partial charge >= 0.3 is 0 Å². The number of rotatable bonds is 6. The molecule has 0 unspecified atom stereocenters. The number of hydrogen-bond acceptors (Lipinski definition) is 3. The zero-order chi connectivity index (χ0) is 20.6. The minimum atomic E-state index is 0.677. The summed E-state index contributed by atoms with van der Waals surface area (Å²) < 4.78 is 14.0. The molecule has 25 heavy (non-hydrogen) atoms. The van der Waals surface area contributed by atoms with Crippen LogP contribution >= 0.6 is 0 Å². The Morgan fingerprint density at radius 3 is 0.920 bits per heavy atom. The normalized spacial score (nSPS) is 7.04. The summed E-state index contributed by atoms with van der Waals surface area (Å²) in [6, 6.07) is 12.0. The number of methoxy groups -OCH3 is 1. The molecule has 3 heteroatoms. The number of benzene rings is 1. The highest BCUT2D eigenvalue weighted by molar-refractivity contribution is 4.99. The Bertz CT molecular complexity index is 223. The fourth-order valence-electron chi connectivity index (χ4n) is 0.787. The highest BCUT2D eigenvalue weighted by atomic mass is 16.5. The third-order valence-corrected chi connectivity index (χ3v) is 1.55. The molecule has 0 heterocycles. The van der Waals surface area contributed by atoms with Crippen LogP contribution in [0.1, 0.15) is 41.5 Å². The first-order chi connectivity index (χ1) is 12.2. The van der Waals surface area contributed by atoms with E-state index in [0.29, 0.717) is 13.2 Å². The minimum Gasteiger partial charge on any atom is -0.388 e. The van der Waals surface area contributed by atoms with Crippen molar-refractivity contribution in [2.45, 2.75) is 41.5 Å². The summed E-state index contributed by atoms with van der Waals surface area (Å²) in [4.78, 5) is 0. The van der Waals surface area contributed by atoms with Crippen molar-refractivity contribution in [3.05, 3.63) is 61.7 Å². The smallest absolute Gasteiger partial charge is 0.0644 e. The van der Waals surface area contributed by atoms with E-state index in [9.17, 15) is 0 Å². The lowest BCUT2D eigenvalue weighted by Crippen LogP contribution is -1.86. The van der Waals surface area contributed by atoms with Crippen molar-refractivity contribution in [2.24, 2.45) is 0 Å². The van der Waals surface area contributed by atoms with Gasteiger partial charge in [0.15, 0.2) is 0 Å². The quantitative estimate of drug-likeness (QED) is 0.435. The predicted octanol–water partition coefficient (Wildman–Crippen LogP) is 6.42. The molecule has 150 valence electrons. The first kappa shape index (κ1) is 34.8. The maximum Gasteiger partial charge on any atom is 0.0644 e. The predicted molar refractivity (Wildman–Crippen MR) is 115 cm³/mol. The third kappa shape index (κ3) is 85.4. The van der Waals surface area contributed by atoms with E-state index in [1.807, 2.05) is 77.9 Å². The Morgan fingerprint density at radius 1 is 0.640 bits per heavy atom. The lowest BCUT2D eigenvalue weighted by atomic mass is 10.4. The molecule has 0 amide bonds. The van der Waals surface area contributed by atoms with E-state index in [4.69, 9.17) is 9.47 Å². The largest absolute Gasteiger partial charge is 0.388 e. The molecule has 0 radical (unpaired) electrons. The SMILES string of the molecule is C=CCOCC.C=CCOCC.CC.CC.COC.c1ccccc1. The Hall–Kier alpha value is -1.42. The molecule has 0 N–H and O–H groups in total. The molecule has 0 spiro atoms. The molecule has 0 saturated heterocycles. The minimum absolute atomic E-state index is 0.677. The standard InChI is InChI=1S/C6H6.2C5H10O.C2H6O.2C2H6/c1-2-4-6-5-3-1;2*1-3-5-6-4-2;1-3-2;2*1-2/h1-6H;2*3H,1,4-5H2,2H3;1-2H3;2*1-2H3. The summed E-state index contributed by atoms with van der Waals surface area (Å²) in [5.74, 6) is 0. The average Bonchev–Trinajstić information content (AvgIpc) is 2.71. The molecule has 3 nitrogen and oxygen atoms in total. The molecule has 1 aromatic carbocycles.